The molecule has 1 aromatic heterocycles. The van der Waals surface area contributed by atoms with E-state index < -0.39 is 5.97 Å². The van der Waals surface area contributed by atoms with Crippen LogP contribution in [0.1, 0.15) is 35.2 Å². The fraction of sp³-hybridized carbons (Fsp3) is 0.267. The Morgan fingerprint density at radius 1 is 1.33 bits per heavy atom. The molecule has 0 aliphatic heterocycles. The van der Waals surface area contributed by atoms with Crippen LogP contribution in [0.3, 0.4) is 0 Å². The van der Waals surface area contributed by atoms with E-state index >= 15 is 0 Å². The molecule has 1 aromatic carbocycles. The Morgan fingerprint density at radius 3 is 2.71 bits per heavy atom. The topological polar surface area (TPSA) is 62.5 Å². The summed E-state index contributed by atoms with van der Waals surface area (Å²) in [6, 6.07) is 8.33. The maximum absolute atomic E-state index is 10.7. The predicted octanol–water partition coefficient (Wildman–Crippen LogP) is -0.320. The van der Waals surface area contributed by atoms with Crippen molar-refractivity contribution in [3.63, 3.8) is 0 Å². The molecule has 4 nitrogen and oxygen atoms in total. The zero-order chi connectivity index (χ0) is 14.5. The van der Waals surface area contributed by atoms with Gasteiger partial charge in [-0.3, -0.25) is 0 Å². The second kappa shape index (κ2) is 8.49. The van der Waals surface area contributed by atoms with E-state index in [1.165, 1.54) is 6.07 Å². The van der Waals surface area contributed by atoms with Crippen LogP contribution in [0.15, 0.2) is 34.7 Å². The number of carboxylic acid groups (broad SMARTS) is 1. The van der Waals surface area contributed by atoms with Gasteiger partial charge in [-0.05, 0) is 36.8 Å². The largest absolute Gasteiger partial charge is 1.00 e. The molecule has 0 aliphatic carbocycles. The maximum Gasteiger partial charge on any atom is 1.00 e. The number of carboxylic acids is 1. The molecule has 0 aliphatic rings. The van der Waals surface area contributed by atoms with E-state index in [0.717, 1.165) is 17.7 Å². The second-order valence-corrected chi connectivity index (χ2v) is 4.77. The number of hydrogen-bond donors (Lipinski definition) is 0. The molecule has 0 amide bonds. The summed E-state index contributed by atoms with van der Waals surface area (Å²) in [6.45, 7) is 2.63. The average Bonchev–Trinajstić information content (AvgIpc) is 2.87. The van der Waals surface area contributed by atoms with Gasteiger partial charge in [0.2, 0.25) is 0 Å². The van der Waals surface area contributed by atoms with Crippen molar-refractivity contribution >= 4 is 17.6 Å². The van der Waals surface area contributed by atoms with Crippen LogP contribution in [0.25, 0.3) is 0 Å². The molecule has 1 heterocycles. The van der Waals surface area contributed by atoms with E-state index in [4.69, 9.17) is 20.8 Å². The Balaban J connectivity index is 0.00000220. The van der Waals surface area contributed by atoms with Crippen molar-refractivity contribution in [2.24, 2.45) is 0 Å². The Kier molecular flexibility index (Phi) is 7.32. The number of hydrogen-bond acceptors (Lipinski definition) is 4. The molecule has 0 radical (unpaired) electrons. The van der Waals surface area contributed by atoms with Crippen LogP contribution < -0.4 is 39.4 Å². The van der Waals surface area contributed by atoms with Gasteiger partial charge < -0.3 is 19.1 Å². The minimum atomic E-state index is -1.33. The summed E-state index contributed by atoms with van der Waals surface area (Å²) in [7, 11) is 0. The summed E-state index contributed by atoms with van der Waals surface area (Å²) in [5.41, 5.74) is 0.852. The monoisotopic (exact) mass is 316 g/mol. The van der Waals surface area contributed by atoms with Crippen LogP contribution in [-0.4, -0.2) is 12.6 Å². The molecule has 0 bridgehead atoms. The third-order valence-corrected chi connectivity index (χ3v) is 2.95. The zero-order valence-corrected chi connectivity index (χ0v) is 14.8. The summed E-state index contributed by atoms with van der Waals surface area (Å²) in [5.74, 6) is -0.265. The van der Waals surface area contributed by atoms with Crippen LogP contribution in [0.4, 0.5) is 0 Å². The predicted molar refractivity (Wildman–Crippen MR) is 73.1 cm³/mol. The first-order chi connectivity index (χ1) is 9.60. The number of benzene rings is 1. The number of furan rings is 1. The van der Waals surface area contributed by atoms with E-state index in [9.17, 15) is 9.90 Å². The van der Waals surface area contributed by atoms with Crippen molar-refractivity contribution in [2.75, 3.05) is 6.61 Å². The minimum Gasteiger partial charge on any atom is -0.542 e. The normalized spacial score (nSPS) is 10.0. The van der Waals surface area contributed by atoms with Crippen molar-refractivity contribution in [3.05, 3.63) is 52.4 Å². The van der Waals surface area contributed by atoms with Gasteiger partial charge in [0.05, 0.1) is 6.61 Å². The van der Waals surface area contributed by atoms with Crippen molar-refractivity contribution < 1.29 is 48.6 Å². The molecule has 0 fully saturated rings. The summed E-state index contributed by atoms with van der Waals surface area (Å²) in [4.78, 5) is 10.7. The molecule has 106 valence electrons. The van der Waals surface area contributed by atoms with Crippen LogP contribution in [0.2, 0.25) is 5.02 Å². The molecule has 0 atom stereocenters. The first-order valence-electron chi connectivity index (χ1n) is 6.31. The molecular formula is C15H14ClNaO4. The Bertz CT molecular complexity index is 609. The van der Waals surface area contributed by atoms with Crippen molar-refractivity contribution in [3.8, 4) is 5.75 Å². The van der Waals surface area contributed by atoms with Gasteiger partial charge in [0.25, 0.3) is 0 Å². The van der Waals surface area contributed by atoms with Gasteiger partial charge in [-0.25, -0.2) is 0 Å². The summed E-state index contributed by atoms with van der Waals surface area (Å²) >= 11 is 5.98. The molecule has 0 spiro atoms. The molecule has 2 aromatic rings. The average molecular weight is 317 g/mol. The van der Waals surface area contributed by atoms with Crippen molar-refractivity contribution in [2.45, 2.75) is 19.8 Å². The van der Waals surface area contributed by atoms with Crippen LogP contribution >= 0.6 is 11.6 Å². The minimum absolute atomic E-state index is 0. The molecule has 0 N–H and O–H groups in total. The smallest absolute Gasteiger partial charge is 0.542 e. The molecule has 0 saturated carbocycles. The van der Waals surface area contributed by atoms with Gasteiger partial charge in [0.15, 0.2) is 0 Å². The van der Waals surface area contributed by atoms with Gasteiger partial charge in [0.1, 0.15) is 23.2 Å². The number of carbonyl (C=O) groups is 1. The SMILES string of the molecule is CCCOc1ccc(Cl)cc1Cc1ccc(C(=O)[O-])o1.[Na+]. The molecular weight excluding hydrogens is 303 g/mol. The van der Waals surface area contributed by atoms with E-state index in [1.807, 2.05) is 6.92 Å². The standard InChI is InChI=1S/C15H15ClO4.Na/c1-2-7-19-13-5-3-11(16)8-10(13)9-12-4-6-14(20-12)15(17)18;/h3-6,8H,2,7,9H2,1H3,(H,17,18);/q;+1/p-1. The maximum atomic E-state index is 10.7. The number of carbonyl (C=O) groups excluding carboxylic acids is 1. The van der Waals surface area contributed by atoms with Crippen LogP contribution in [0.5, 0.6) is 5.75 Å². The molecule has 0 saturated heterocycles. The summed E-state index contributed by atoms with van der Waals surface area (Å²) in [5, 5.41) is 11.3. The first kappa shape index (κ1) is 18.1. The van der Waals surface area contributed by atoms with Gasteiger partial charge in [-0.2, -0.15) is 0 Å². The van der Waals surface area contributed by atoms with E-state index in [1.54, 1.807) is 24.3 Å². The molecule has 21 heavy (non-hydrogen) atoms. The van der Waals surface area contributed by atoms with E-state index in [2.05, 4.69) is 0 Å². The van der Waals surface area contributed by atoms with Gasteiger partial charge in [-0.1, -0.05) is 18.5 Å². The summed E-state index contributed by atoms with van der Waals surface area (Å²) in [6.07, 6.45) is 1.31. The molecule has 2 rings (SSSR count). The second-order valence-electron chi connectivity index (χ2n) is 4.33. The third kappa shape index (κ3) is 5.08. The Morgan fingerprint density at radius 2 is 2.10 bits per heavy atom. The zero-order valence-electron chi connectivity index (χ0n) is 12.0. The quantitative estimate of drug-likeness (QED) is 0.685. The number of ether oxygens (including phenoxy) is 1. The van der Waals surface area contributed by atoms with Crippen molar-refractivity contribution in [1.29, 1.82) is 0 Å². The Labute approximate surface area is 150 Å². The van der Waals surface area contributed by atoms with Gasteiger partial charge >= 0.3 is 29.6 Å². The van der Waals surface area contributed by atoms with Crippen LogP contribution in [-0.2, 0) is 6.42 Å². The molecule has 0 unspecified atom stereocenters. The molecule has 6 heteroatoms. The fourth-order valence-corrected chi connectivity index (χ4v) is 2.00. The van der Waals surface area contributed by atoms with Gasteiger partial charge in [-0.15, -0.1) is 0 Å². The van der Waals surface area contributed by atoms with Crippen LogP contribution in [0, 0.1) is 0 Å². The Hall–Kier alpha value is -0.940. The van der Waals surface area contributed by atoms with E-state index in [-0.39, 0.29) is 35.3 Å². The van der Waals surface area contributed by atoms with Gasteiger partial charge in [0, 0.05) is 17.0 Å². The van der Waals surface area contributed by atoms with E-state index in [0.29, 0.717) is 23.8 Å². The number of halogens is 1. The fourth-order valence-electron chi connectivity index (χ4n) is 1.81. The first-order valence-corrected chi connectivity index (χ1v) is 6.69. The number of aromatic carboxylic acids is 1. The third-order valence-electron chi connectivity index (χ3n) is 2.71. The number of rotatable bonds is 6. The van der Waals surface area contributed by atoms with Crippen molar-refractivity contribution in [1.82, 2.24) is 0 Å². The summed E-state index contributed by atoms with van der Waals surface area (Å²) < 4.78 is 10.8.